The Balaban J connectivity index is 2.87. The summed E-state index contributed by atoms with van der Waals surface area (Å²) in [4.78, 5) is 0. The number of hydrogen-bond acceptors (Lipinski definition) is 1. The van der Waals surface area contributed by atoms with Crippen LogP contribution in [0.2, 0.25) is 0 Å². The van der Waals surface area contributed by atoms with Crippen LogP contribution in [-0.4, -0.2) is 16.8 Å². The molecule has 0 bridgehead atoms. The third-order valence-corrected chi connectivity index (χ3v) is 2.92. The largest absolute Gasteiger partial charge is 0.371 e. The normalized spacial score (nSPS) is 11.9. The van der Waals surface area contributed by atoms with E-state index in [-0.39, 0.29) is 5.60 Å². The van der Waals surface area contributed by atoms with E-state index in [0.29, 0.717) is 0 Å². The Morgan fingerprint density at radius 1 is 1.23 bits per heavy atom. The van der Waals surface area contributed by atoms with E-state index in [0.717, 1.165) is 16.8 Å². The van der Waals surface area contributed by atoms with Gasteiger partial charge in [-0.1, -0.05) is 29.5 Å². The van der Waals surface area contributed by atoms with Crippen LogP contribution in [0.4, 0.5) is 0 Å². The summed E-state index contributed by atoms with van der Waals surface area (Å²) in [5, 5.41) is 1.43. The van der Waals surface area contributed by atoms with E-state index in [4.69, 9.17) is 4.74 Å². The van der Waals surface area contributed by atoms with Crippen molar-refractivity contribution in [3.8, 4) is 0 Å². The molecule has 1 rings (SSSR count). The fourth-order valence-electron chi connectivity index (χ4n) is 1.40. The Morgan fingerprint density at radius 3 is 2.23 bits per heavy atom. The highest BCUT2D eigenvalue weighted by atomic mass is 28.1. The fraction of sp³-hybridized carbons (Fsp3) is 0.455. The maximum atomic E-state index is 5.67. The van der Waals surface area contributed by atoms with E-state index < -0.39 is 0 Å². The predicted octanol–water partition coefficient (Wildman–Crippen LogP) is 0.949. The summed E-state index contributed by atoms with van der Waals surface area (Å²) < 4.78 is 5.67. The Hall–Kier alpha value is -0.603. The van der Waals surface area contributed by atoms with Crippen molar-refractivity contribution in [2.45, 2.75) is 26.4 Å². The standard InChI is InChI=1S/C11H18OSi/c1-4-12-11(2,3)9-5-7-10(13)8-6-9/h5-8H,4H2,1-3,13H3. The minimum absolute atomic E-state index is 0.149. The molecule has 2 heteroatoms. The zero-order valence-corrected chi connectivity index (χ0v) is 10.9. The quantitative estimate of drug-likeness (QED) is 0.651. The summed E-state index contributed by atoms with van der Waals surface area (Å²) in [6.45, 7) is 7.01. The van der Waals surface area contributed by atoms with Crippen LogP contribution >= 0.6 is 0 Å². The molecule has 0 aromatic heterocycles. The van der Waals surface area contributed by atoms with Crippen LogP contribution in [0.5, 0.6) is 0 Å². The zero-order valence-electron chi connectivity index (χ0n) is 8.92. The van der Waals surface area contributed by atoms with Gasteiger partial charge in [-0.05, 0) is 26.3 Å². The second-order valence-electron chi connectivity index (χ2n) is 3.81. The van der Waals surface area contributed by atoms with Gasteiger partial charge in [0, 0.05) is 16.8 Å². The Bertz CT molecular complexity index is 264. The lowest BCUT2D eigenvalue weighted by atomic mass is 9.98. The first-order valence-electron chi connectivity index (χ1n) is 4.77. The molecule has 0 N–H and O–H groups in total. The molecule has 0 unspecified atom stereocenters. The van der Waals surface area contributed by atoms with E-state index in [1.807, 2.05) is 6.92 Å². The molecule has 72 valence electrons. The van der Waals surface area contributed by atoms with Crippen molar-refractivity contribution in [1.82, 2.24) is 0 Å². The lowest BCUT2D eigenvalue weighted by molar-refractivity contribution is -0.0140. The Morgan fingerprint density at radius 2 is 1.77 bits per heavy atom. The van der Waals surface area contributed by atoms with Crippen LogP contribution in [0.15, 0.2) is 24.3 Å². The van der Waals surface area contributed by atoms with Crippen molar-refractivity contribution in [2.75, 3.05) is 6.61 Å². The molecule has 0 spiro atoms. The summed E-state index contributed by atoms with van der Waals surface area (Å²) in [5.41, 5.74) is 1.11. The van der Waals surface area contributed by atoms with Gasteiger partial charge >= 0.3 is 0 Å². The van der Waals surface area contributed by atoms with Gasteiger partial charge < -0.3 is 4.74 Å². The maximum Gasteiger partial charge on any atom is 0.0875 e. The summed E-state index contributed by atoms with van der Waals surface area (Å²) >= 11 is 0. The van der Waals surface area contributed by atoms with E-state index in [1.165, 1.54) is 10.8 Å². The van der Waals surface area contributed by atoms with Crippen LogP contribution in [0.3, 0.4) is 0 Å². The summed E-state index contributed by atoms with van der Waals surface area (Å²) in [6.07, 6.45) is 0. The molecular formula is C11H18OSi. The molecule has 13 heavy (non-hydrogen) atoms. The van der Waals surface area contributed by atoms with Gasteiger partial charge in [-0.2, -0.15) is 0 Å². The van der Waals surface area contributed by atoms with Crippen LogP contribution in [0.1, 0.15) is 26.3 Å². The van der Waals surface area contributed by atoms with Crippen molar-refractivity contribution in [3.63, 3.8) is 0 Å². The number of ether oxygens (including phenoxy) is 1. The van der Waals surface area contributed by atoms with E-state index in [2.05, 4.69) is 38.1 Å². The first-order valence-corrected chi connectivity index (χ1v) is 5.77. The molecule has 1 aromatic carbocycles. The zero-order chi connectivity index (χ0) is 9.90. The number of benzene rings is 1. The molecule has 1 aromatic rings. The number of hydrogen-bond donors (Lipinski definition) is 0. The second-order valence-corrected chi connectivity index (χ2v) is 4.96. The van der Waals surface area contributed by atoms with Crippen molar-refractivity contribution in [3.05, 3.63) is 29.8 Å². The van der Waals surface area contributed by atoms with Gasteiger partial charge in [-0.25, -0.2) is 0 Å². The van der Waals surface area contributed by atoms with Crippen LogP contribution < -0.4 is 5.19 Å². The molecule has 0 aliphatic heterocycles. The van der Waals surface area contributed by atoms with Crippen LogP contribution in [0, 0.1) is 0 Å². The second kappa shape index (κ2) is 4.07. The molecule has 0 aliphatic carbocycles. The highest BCUT2D eigenvalue weighted by Crippen LogP contribution is 2.23. The molecule has 0 fully saturated rings. The first kappa shape index (κ1) is 10.5. The smallest absolute Gasteiger partial charge is 0.0875 e. The van der Waals surface area contributed by atoms with Gasteiger partial charge in [-0.3, -0.25) is 0 Å². The first-order chi connectivity index (χ1) is 6.06. The van der Waals surface area contributed by atoms with Crippen molar-refractivity contribution >= 4 is 15.4 Å². The Kier molecular flexibility index (Phi) is 3.28. The maximum absolute atomic E-state index is 5.67. The van der Waals surface area contributed by atoms with Gasteiger partial charge in [0.2, 0.25) is 0 Å². The predicted molar refractivity (Wildman–Crippen MR) is 60.7 cm³/mol. The van der Waals surface area contributed by atoms with E-state index in [9.17, 15) is 0 Å². The third-order valence-electron chi connectivity index (χ3n) is 2.25. The monoisotopic (exact) mass is 194 g/mol. The van der Waals surface area contributed by atoms with Crippen molar-refractivity contribution in [1.29, 1.82) is 0 Å². The molecule has 0 saturated heterocycles. The SMILES string of the molecule is CCOC(C)(C)c1ccc([SiH3])cc1. The van der Waals surface area contributed by atoms with E-state index >= 15 is 0 Å². The molecule has 0 amide bonds. The topological polar surface area (TPSA) is 9.23 Å². The van der Waals surface area contributed by atoms with E-state index in [1.54, 1.807) is 0 Å². The lowest BCUT2D eigenvalue weighted by Gasteiger charge is -2.25. The Labute approximate surface area is 83.5 Å². The summed E-state index contributed by atoms with van der Waals surface area (Å²) in [6, 6.07) is 8.70. The van der Waals surface area contributed by atoms with Gasteiger partial charge in [0.1, 0.15) is 0 Å². The van der Waals surface area contributed by atoms with Crippen molar-refractivity contribution < 1.29 is 4.74 Å². The fourth-order valence-corrected chi connectivity index (χ4v) is 1.73. The van der Waals surface area contributed by atoms with Crippen LogP contribution in [0.25, 0.3) is 0 Å². The minimum Gasteiger partial charge on any atom is -0.371 e. The van der Waals surface area contributed by atoms with Gasteiger partial charge in [0.25, 0.3) is 0 Å². The molecule has 0 aliphatic rings. The summed E-state index contributed by atoms with van der Waals surface area (Å²) in [5.74, 6) is 0. The molecular weight excluding hydrogens is 176 g/mol. The lowest BCUT2D eigenvalue weighted by Crippen LogP contribution is -2.22. The molecule has 0 saturated carbocycles. The van der Waals surface area contributed by atoms with Gasteiger partial charge in [0.05, 0.1) is 5.60 Å². The highest BCUT2D eigenvalue weighted by Gasteiger charge is 2.19. The van der Waals surface area contributed by atoms with Crippen LogP contribution in [-0.2, 0) is 10.3 Å². The van der Waals surface area contributed by atoms with Crippen molar-refractivity contribution in [2.24, 2.45) is 0 Å². The summed E-state index contributed by atoms with van der Waals surface area (Å²) in [7, 11) is 1.12. The van der Waals surface area contributed by atoms with Gasteiger partial charge in [0.15, 0.2) is 0 Å². The molecule has 0 radical (unpaired) electrons. The highest BCUT2D eigenvalue weighted by molar-refractivity contribution is 6.32. The average Bonchev–Trinajstić information content (AvgIpc) is 2.05. The number of rotatable bonds is 3. The minimum atomic E-state index is -0.149. The third kappa shape index (κ3) is 2.67. The molecule has 1 nitrogen and oxygen atoms in total. The average molecular weight is 194 g/mol. The van der Waals surface area contributed by atoms with Gasteiger partial charge in [-0.15, -0.1) is 0 Å². The molecule has 0 atom stereocenters. The molecule has 0 heterocycles.